The molecule has 1 aromatic heterocycles. The van der Waals surface area contributed by atoms with Crippen molar-refractivity contribution in [3.8, 4) is 0 Å². The van der Waals surface area contributed by atoms with Crippen molar-refractivity contribution in [2.75, 3.05) is 0 Å². The normalized spacial score (nSPS) is 13.0. The van der Waals surface area contributed by atoms with E-state index in [0.717, 1.165) is 11.4 Å². The van der Waals surface area contributed by atoms with Crippen LogP contribution >= 0.6 is 11.6 Å². The Morgan fingerprint density at radius 3 is 2.14 bits per heavy atom. The van der Waals surface area contributed by atoms with Crippen LogP contribution in [-0.4, -0.2) is 9.55 Å². The lowest BCUT2D eigenvalue weighted by molar-refractivity contribution is 0.338. The number of rotatable bonds is 0. The van der Waals surface area contributed by atoms with E-state index in [4.69, 9.17) is 16.6 Å². The van der Waals surface area contributed by atoms with Crippen LogP contribution in [0.5, 0.6) is 0 Å². The summed E-state index contributed by atoms with van der Waals surface area (Å²) in [4.78, 5) is 17.8. The van der Waals surface area contributed by atoms with Gasteiger partial charge in [0.1, 0.15) is 5.82 Å². The van der Waals surface area contributed by atoms with Gasteiger partial charge in [-0.25, -0.2) is 4.98 Å². The molecule has 0 fully saturated rings. The molecule has 0 amide bonds. The highest BCUT2D eigenvalue weighted by atomic mass is 35.5. The van der Waals surface area contributed by atoms with Crippen LogP contribution in [0.25, 0.3) is 10.9 Å². The number of aromatic nitrogens is 2. The molecule has 0 radical (unpaired) electrons. The van der Waals surface area contributed by atoms with Crippen molar-refractivity contribution in [2.24, 2.45) is 0 Å². The molecule has 114 valence electrons. The van der Waals surface area contributed by atoms with Crippen molar-refractivity contribution in [1.82, 2.24) is 9.55 Å². The second-order valence-corrected chi connectivity index (χ2v) is 8.04. The van der Waals surface area contributed by atoms with Crippen molar-refractivity contribution in [3.63, 3.8) is 0 Å². The number of hydrogen-bond acceptors (Lipinski definition) is 2. The van der Waals surface area contributed by atoms with Gasteiger partial charge in [0.05, 0.1) is 15.9 Å². The predicted octanol–water partition coefficient (Wildman–Crippen LogP) is 4.41. The lowest BCUT2D eigenvalue weighted by atomic mass is 9.93. The van der Waals surface area contributed by atoms with Gasteiger partial charge in [0, 0.05) is 11.0 Å². The largest absolute Gasteiger partial charge is 0.290 e. The Bertz CT molecular complexity index is 761. The monoisotopic (exact) mass is 306 g/mol. The summed E-state index contributed by atoms with van der Waals surface area (Å²) >= 11 is 6.30. The first-order valence-corrected chi connectivity index (χ1v) is 7.54. The van der Waals surface area contributed by atoms with Crippen LogP contribution in [0.3, 0.4) is 0 Å². The third kappa shape index (κ3) is 2.84. The minimum absolute atomic E-state index is 0.0672. The van der Waals surface area contributed by atoms with Crippen LogP contribution in [0.15, 0.2) is 16.9 Å². The minimum atomic E-state index is -0.352. The summed E-state index contributed by atoms with van der Waals surface area (Å²) in [6.45, 7) is 14.2. The molecule has 0 aliphatic heterocycles. The maximum Gasteiger partial charge on any atom is 0.263 e. The highest BCUT2D eigenvalue weighted by Gasteiger charge is 2.29. The average molecular weight is 307 g/mol. The molecule has 0 spiro atoms. The first-order valence-electron chi connectivity index (χ1n) is 7.17. The SMILES string of the molecule is Cc1cc(Cl)c2c(=O)n(C(C)(C)C)c(C(C)(C)C)nc2c1. The van der Waals surface area contributed by atoms with Crippen molar-refractivity contribution < 1.29 is 0 Å². The number of aryl methyl sites for hydroxylation is 1. The van der Waals surface area contributed by atoms with Crippen LogP contribution in [0.2, 0.25) is 5.02 Å². The second kappa shape index (κ2) is 4.84. The summed E-state index contributed by atoms with van der Waals surface area (Å²) in [6, 6.07) is 3.74. The molecule has 1 heterocycles. The van der Waals surface area contributed by atoms with Crippen LogP contribution in [-0.2, 0) is 11.0 Å². The van der Waals surface area contributed by atoms with Gasteiger partial charge in [0.25, 0.3) is 5.56 Å². The Morgan fingerprint density at radius 2 is 1.67 bits per heavy atom. The summed E-state index contributed by atoms with van der Waals surface area (Å²) in [5.41, 5.74) is 1.04. The Labute approximate surface area is 131 Å². The van der Waals surface area contributed by atoms with Gasteiger partial charge in [0.15, 0.2) is 0 Å². The molecular weight excluding hydrogens is 284 g/mol. The van der Waals surface area contributed by atoms with Gasteiger partial charge >= 0.3 is 0 Å². The van der Waals surface area contributed by atoms with Crippen LogP contribution in [0, 0.1) is 6.92 Å². The van der Waals surface area contributed by atoms with Crippen LogP contribution < -0.4 is 5.56 Å². The molecule has 0 atom stereocenters. The molecule has 0 saturated heterocycles. The van der Waals surface area contributed by atoms with Crippen LogP contribution in [0.4, 0.5) is 0 Å². The fraction of sp³-hybridized carbons (Fsp3) is 0.529. The highest BCUT2D eigenvalue weighted by molar-refractivity contribution is 6.35. The molecule has 2 rings (SSSR count). The van der Waals surface area contributed by atoms with Crippen molar-refractivity contribution >= 4 is 22.5 Å². The van der Waals surface area contributed by atoms with Gasteiger partial charge < -0.3 is 0 Å². The molecule has 0 unspecified atom stereocenters. The fourth-order valence-electron chi connectivity index (χ4n) is 2.52. The Morgan fingerprint density at radius 1 is 1.10 bits per heavy atom. The first-order chi connectivity index (χ1) is 9.43. The number of benzene rings is 1. The first kappa shape index (κ1) is 16.0. The zero-order valence-corrected chi connectivity index (χ0v) is 14.6. The van der Waals surface area contributed by atoms with Crippen molar-refractivity contribution in [1.29, 1.82) is 0 Å². The van der Waals surface area contributed by atoms with Gasteiger partial charge in [-0.05, 0) is 45.4 Å². The number of nitrogens with zero attached hydrogens (tertiary/aromatic N) is 2. The van der Waals surface area contributed by atoms with E-state index in [1.54, 1.807) is 4.57 Å². The average Bonchev–Trinajstić information content (AvgIpc) is 2.23. The van der Waals surface area contributed by atoms with Crippen LogP contribution in [0.1, 0.15) is 52.9 Å². The zero-order chi connectivity index (χ0) is 16.2. The molecule has 3 nitrogen and oxygen atoms in total. The van der Waals surface area contributed by atoms with E-state index in [9.17, 15) is 4.79 Å². The maximum absolute atomic E-state index is 13.0. The standard InChI is InChI=1S/C17H23ClN2O/c1-10-8-11(18)13-12(9-10)19-15(16(2,3)4)20(14(13)21)17(5,6)7/h8-9H,1-7H3. The van der Waals surface area contributed by atoms with Gasteiger partial charge in [-0.3, -0.25) is 9.36 Å². The van der Waals surface area contributed by atoms with E-state index in [1.807, 2.05) is 39.8 Å². The molecule has 2 aromatic rings. The summed E-state index contributed by atoms with van der Waals surface area (Å²) in [5, 5.41) is 0.978. The van der Waals surface area contributed by atoms with E-state index in [2.05, 4.69) is 20.8 Å². The predicted molar refractivity (Wildman–Crippen MR) is 89.4 cm³/mol. The Kier molecular flexibility index (Phi) is 3.69. The second-order valence-electron chi connectivity index (χ2n) is 7.64. The molecular formula is C17H23ClN2O. The third-order valence-electron chi connectivity index (χ3n) is 3.41. The minimum Gasteiger partial charge on any atom is -0.290 e. The molecule has 0 aliphatic carbocycles. The van der Waals surface area contributed by atoms with E-state index in [0.29, 0.717) is 15.9 Å². The molecule has 0 saturated carbocycles. The summed E-state index contributed by atoms with van der Waals surface area (Å²) in [5.74, 6) is 0.786. The topological polar surface area (TPSA) is 34.9 Å². The lowest BCUT2D eigenvalue weighted by Gasteiger charge is -2.31. The quantitative estimate of drug-likeness (QED) is 0.722. The van der Waals surface area contributed by atoms with Gasteiger partial charge in [0.2, 0.25) is 0 Å². The molecule has 0 bridgehead atoms. The molecule has 0 N–H and O–H groups in total. The Hall–Kier alpha value is -1.35. The van der Waals surface area contributed by atoms with E-state index < -0.39 is 0 Å². The fourth-order valence-corrected chi connectivity index (χ4v) is 2.87. The number of fused-ring (bicyclic) bond motifs is 1. The Balaban J connectivity index is 3.07. The molecule has 0 aliphatic rings. The van der Waals surface area contributed by atoms with Crippen molar-refractivity contribution in [2.45, 2.75) is 59.4 Å². The molecule has 4 heteroatoms. The lowest BCUT2D eigenvalue weighted by Crippen LogP contribution is -2.40. The zero-order valence-electron chi connectivity index (χ0n) is 13.8. The number of halogens is 1. The maximum atomic E-state index is 13.0. The van der Waals surface area contributed by atoms with Gasteiger partial charge in [-0.2, -0.15) is 0 Å². The smallest absolute Gasteiger partial charge is 0.263 e. The van der Waals surface area contributed by atoms with E-state index in [1.165, 1.54) is 0 Å². The van der Waals surface area contributed by atoms with Gasteiger partial charge in [-0.1, -0.05) is 32.4 Å². The molecule has 21 heavy (non-hydrogen) atoms. The molecule has 1 aromatic carbocycles. The summed E-state index contributed by atoms with van der Waals surface area (Å²) in [6.07, 6.45) is 0. The van der Waals surface area contributed by atoms with E-state index in [-0.39, 0.29) is 16.5 Å². The third-order valence-corrected chi connectivity index (χ3v) is 3.71. The number of hydrogen-bond donors (Lipinski definition) is 0. The van der Waals surface area contributed by atoms with E-state index >= 15 is 0 Å². The highest BCUT2D eigenvalue weighted by Crippen LogP contribution is 2.28. The summed E-state index contributed by atoms with van der Waals surface area (Å²) in [7, 11) is 0. The van der Waals surface area contributed by atoms with Crippen molar-refractivity contribution in [3.05, 3.63) is 38.9 Å². The van der Waals surface area contributed by atoms with Gasteiger partial charge in [-0.15, -0.1) is 0 Å². The summed E-state index contributed by atoms with van der Waals surface area (Å²) < 4.78 is 1.77.